The molecule has 2 heterocycles. The Balaban J connectivity index is 1.34. The second-order valence-electron chi connectivity index (χ2n) is 8.07. The van der Waals surface area contributed by atoms with E-state index in [1.165, 1.54) is 17.0 Å². The van der Waals surface area contributed by atoms with Gasteiger partial charge in [0, 0.05) is 37.7 Å². The van der Waals surface area contributed by atoms with Gasteiger partial charge in [0.05, 0.1) is 5.56 Å². The Labute approximate surface area is 161 Å². The van der Waals surface area contributed by atoms with E-state index in [0.717, 1.165) is 44.5 Å². The topological polar surface area (TPSA) is 52.7 Å². The molecule has 1 saturated carbocycles. The molecule has 152 valence electrons. The van der Waals surface area contributed by atoms with Crippen molar-refractivity contribution < 1.29 is 22.8 Å². The Hall–Kier alpha value is -2.09. The van der Waals surface area contributed by atoms with Crippen LogP contribution in [0.1, 0.15) is 35.2 Å². The number of piperazine rings is 1. The van der Waals surface area contributed by atoms with Crippen LogP contribution in [0.4, 0.5) is 13.2 Å². The maximum atomic E-state index is 12.9. The maximum absolute atomic E-state index is 12.9. The van der Waals surface area contributed by atoms with Gasteiger partial charge in [0.15, 0.2) is 0 Å². The van der Waals surface area contributed by atoms with Crippen molar-refractivity contribution in [3.05, 3.63) is 35.4 Å². The predicted octanol–water partition coefficient (Wildman–Crippen LogP) is 2.38. The summed E-state index contributed by atoms with van der Waals surface area (Å²) in [6, 6.07) is 4.51. The number of carbonyl (C=O) groups is 2. The van der Waals surface area contributed by atoms with Gasteiger partial charge in [0.25, 0.3) is 5.91 Å². The van der Waals surface area contributed by atoms with Crippen LogP contribution in [0.3, 0.4) is 0 Å². The summed E-state index contributed by atoms with van der Waals surface area (Å²) in [5.74, 6) is -0.146. The Kier molecular flexibility index (Phi) is 4.85. The molecule has 2 amide bonds. The van der Waals surface area contributed by atoms with Crippen LogP contribution in [-0.4, -0.2) is 60.9 Å². The molecule has 3 fully saturated rings. The second-order valence-corrected chi connectivity index (χ2v) is 8.07. The minimum Gasteiger partial charge on any atom is -0.339 e. The number of alkyl halides is 3. The Morgan fingerprint density at radius 1 is 1.04 bits per heavy atom. The van der Waals surface area contributed by atoms with Gasteiger partial charge in [-0.2, -0.15) is 13.2 Å². The third-order valence-corrected chi connectivity index (χ3v) is 6.40. The molecule has 1 aromatic carbocycles. The summed E-state index contributed by atoms with van der Waals surface area (Å²) in [5, 5.41) is 3.33. The minimum atomic E-state index is -4.48. The summed E-state index contributed by atoms with van der Waals surface area (Å²) in [5.41, 5.74) is -0.619. The van der Waals surface area contributed by atoms with Crippen molar-refractivity contribution in [2.45, 2.75) is 25.4 Å². The smallest absolute Gasteiger partial charge is 0.339 e. The van der Waals surface area contributed by atoms with Gasteiger partial charge in [-0.15, -0.1) is 0 Å². The summed E-state index contributed by atoms with van der Waals surface area (Å²) in [6.07, 6.45) is -1.44. The summed E-state index contributed by atoms with van der Waals surface area (Å²) in [6.45, 7) is 3.50. The zero-order chi connectivity index (χ0) is 19.9. The average molecular weight is 395 g/mol. The number of rotatable bonds is 2. The second kappa shape index (κ2) is 7.06. The quantitative estimate of drug-likeness (QED) is 0.837. The molecule has 4 rings (SSSR count). The van der Waals surface area contributed by atoms with Crippen LogP contribution >= 0.6 is 0 Å². The molecule has 2 saturated heterocycles. The Bertz CT molecular complexity index is 766. The van der Waals surface area contributed by atoms with Crippen LogP contribution in [0.5, 0.6) is 0 Å². The van der Waals surface area contributed by atoms with Gasteiger partial charge >= 0.3 is 6.18 Å². The first-order chi connectivity index (χ1) is 13.3. The molecule has 28 heavy (non-hydrogen) atoms. The van der Waals surface area contributed by atoms with Crippen molar-refractivity contribution >= 4 is 11.8 Å². The molecule has 1 unspecified atom stereocenters. The number of halogens is 3. The third-order valence-electron chi connectivity index (χ3n) is 6.40. The molecule has 1 aromatic rings. The van der Waals surface area contributed by atoms with Crippen LogP contribution in [0.25, 0.3) is 0 Å². The first-order valence-corrected chi connectivity index (χ1v) is 9.76. The van der Waals surface area contributed by atoms with E-state index in [1.54, 1.807) is 0 Å². The monoisotopic (exact) mass is 395 g/mol. The van der Waals surface area contributed by atoms with Gasteiger partial charge in [0.1, 0.15) is 0 Å². The van der Waals surface area contributed by atoms with Crippen molar-refractivity contribution in [1.82, 2.24) is 15.1 Å². The lowest BCUT2D eigenvalue weighted by Gasteiger charge is -2.35. The number of nitrogens with zero attached hydrogens (tertiary/aromatic N) is 2. The zero-order valence-electron chi connectivity index (χ0n) is 15.6. The Morgan fingerprint density at radius 2 is 1.68 bits per heavy atom. The molecule has 1 atom stereocenters. The fourth-order valence-corrected chi connectivity index (χ4v) is 4.54. The Morgan fingerprint density at radius 3 is 2.32 bits per heavy atom. The van der Waals surface area contributed by atoms with Crippen molar-refractivity contribution in [3.63, 3.8) is 0 Å². The maximum Gasteiger partial charge on any atom is 0.416 e. The highest BCUT2D eigenvalue weighted by Crippen LogP contribution is 2.59. The lowest BCUT2D eigenvalue weighted by molar-refractivity contribution is -0.137. The van der Waals surface area contributed by atoms with E-state index < -0.39 is 17.6 Å². The van der Waals surface area contributed by atoms with Crippen molar-refractivity contribution in [2.75, 3.05) is 39.3 Å². The van der Waals surface area contributed by atoms with Gasteiger partial charge in [-0.25, -0.2) is 0 Å². The number of piperidine rings is 1. The van der Waals surface area contributed by atoms with Gasteiger partial charge < -0.3 is 15.1 Å². The summed E-state index contributed by atoms with van der Waals surface area (Å²) in [7, 11) is 0. The van der Waals surface area contributed by atoms with Crippen LogP contribution in [0.2, 0.25) is 0 Å². The molecule has 8 heteroatoms. The van der Waals surface area contributed by atoms with E-state index in [-0.39, 0.29) is 22.8 Å². The van der Waals surface area contributed by atoms with E-state index in [4.69, 9.17) is 0 Å². The SMILES string of the molecule is O=C(c1cccc(C(F)(F)F)c1)N1CCN(C(=O)C2CC23CCNCC3)CC1. The van der Waals surface area contributed by atoms with Gasteiger partial charge in [-0.1, -0.05) is 6.07 Å². The van der Waals surface area contributed by atoms with Crippen LogP contribution < -0.4 is 5.32 Å². The molecule has 0 aromatic heterocycles. The third kappa shape index (κ3) is 3.62. The standard InChI is InChI=1S/C20H24F3N3O2/c21-20(22,23)15-3-1-2-14(12-15)17(27)25-8-10-26(11-9-25)18(28)16-13-19(16)4-6-24-7-5-19/h1-3,12,16,24H,4-11,13H2. The molecular formula is C20H24F3N3O2. The fourth-order valence-electron chi connectivity index (χ4n) is 4.54. The zero-order valence-corrected chi connectivity index (χ0v) is 15.6. The van der Waals surface area contributed by atoms with Crippen LogP contribution in [-0.2, 0) is 11.0 Å². The summed E-state index contributed by atoms with van der Waals surface area (Å²) >= 11 is 0. The normalized spacial score (nSPS) is 24.3. The van der Waals surface area contributed by atoms with Crippen molar-refractivity contribution in [2.24, 2.45) is 11.3 Å². The van der Waals surface area contributed by atoms with E-state index in [0.29, 0.717) is 26.2 Å². The number of benzene rings is 1. The first-order valence-electron chi connectivity index (χ1n) is 9.76. The molecule has 0 bridgehead atoms. The van der Waals surface area contributed by atoms with Crippen molar-refractivity contribution in [3.8, 4) is 0 Å². The first kappa shape index (κ1) is 19.2. The van der Waals surface area contributed by atoms with E-state index in [9.17, 15) is 22.8 Å². The number of hydrogen-bond donors (Lipinski definition) is 1. The molecule has 0 radical (unpaired) electrons. The fraction of sp³-hybridized carbons (Fsp3) is 0.600. The van der Waals surface area contributed by atoms with Crippen molar-refractivity contribution in [1.29, 1.82) is 0 Å². The lowest BCUT2D eigenvalue weighted by atomic mass is 9.91. The molecule has 3 aliphatic rings. The number of carbonyl (C=O) groups excluding carboxylic acids is 2. The molecule has 1 spiro atoms. The molecule has 1 N–H and O–H groups in total. The minimum absolute atomic E-state index is 0.0328. The number of nitrogens with one attached hydrogen (secondary N) is 1. The van der Waals surface area contributed by atoms with Gasteiger partial charge in [-0.3, -0.25) is 9.59 Å². The van der Waals surface area contributed by atoms with Gasteiger partial charge in [0.2, 0.25) is 5.91 Å². The predicted molar refractivity (Wildman–Crippen MR) is 96.6 cm³/mol. The highest BCUT2D eigenvalue weighted by Gasteiger charge is 2.58. The van der Waals surface area contributed by atoms with E-state index in [2.05, 4.69) is 5.32 Å². The van der Waals surface area contributed by atoms with Gasteiger partial charge in [-0.05, 0) is 56.0 Å². The highest BCUT2D eigenvalue weighted by molar-refractivity contribution is 5.94. The van der Waals surface area contributed by atoms with Crippen LogP contribution in [0.15, 0.2) is 24.3 Å². The highest BCUT2D eigenvalue weighted by atomic mass is 19.4. The molecule has 5 nitrogen and oxygen atoms in total. The molecule has 1 aliphatic carbocycles. The molecular weight excluding hydrogens is 371 g/mol. The summed E-state index contributed by atoms with van der Waals surface area (Å²) in [4.78, 5) is 28.8. The largest absolute Gasteiger partial charge is 0.416 e. The van der Waals surface area contributed by atoms with E-state index in [1.807, 2.05) is 4.90 Å². The summed E-state index contributed by atoms with van der Waals surface area (Å²) < 4.78 is 38.6. The lowest BCUT2D eigenvalue weighted by Crippen LogP contribution is -2.51. The number of amides is 2. The number of hydrogen-bond acceptors (Lipinski definition) is 3. The molecule has 2 aliphatic heterocycles. The van der Waals surface area contributed by atoms with Crippen LogP contribution in [0, 0.1) is 11.3 Å². The average Bonchev–Trinajstić information content (AvgIpc) is 3.39. The van der Waals surface area contributed by atoms with E-state index >= 15 is 0 Å².